The molecule has 0 aliphatic carbocycles. The highest BCUT2D eigenvalue weighted by atomic mass is 35.5. The first-order chi connectivity index (χ1) is 18.3. The van der Waals surface area contributed by atoms with Crippen LogP contribution in [0, 0.1) is 5.92 Å². The molecule has 0 aromatic heterocycles. The van der Waals surface area contributed by atoms with Crippen molar-refractivity contribution in [2.45, 2.75) is 19.4 Å². The number of piperazine rings is 1. The maximum Gasteiger partial charge on any atom is 0.337 e. The first-order valence-corrected chi connectivity index (χ1v) is 12.9. The smallest absolute Gasteiger partial charge is 0.337 e. The molecule has 4 rings (SSSR count). The molecule has 2 amide bonds. The van der Waals surface area contributed by atoms with Crippen molar-refractivity contribution in [3.05, 3.63) is 101 Å². The van der Waals surface area contributed by atoms with Gasteiger partial charge in [-0.15, -0.1) is 0 Å². The van der Waals surface area contributed by atoms with Gasteiger partial charge in [-0.1, -0.05) is 79.2 Å². The zero-order valence-corrected chi connectivity index (χ0v) is 21.9. The van der Waals surface area contributed by atoms with Crippen LogP contribution >= 0.6 is 11.6 Å². The molecule has 3 aromatic rings. The first kappa shape index (κ1) is 27.3. The molecule has 8 nitrogen and oxygen atoms in total. The number of carboxylic acid groups (broad SMARTS) is 1. The van der Waals surface area contributed by atoms with Crippen LogP contribution in [0.25, 0.3) is 0 Å². The summed E-state index contributed by atoms with van der Waals surface area (Å²) in [6.07, 6.45) is -0.0245. The van der Waals surface area contributed by atoms with E-state index in [-0.39, 0.29) is 34.6 Å². The minimum Gasteiger partial charge on any atom is -0.478 e. The van der Waals surface area contributed by atoms with E-state index in [2.05, 4.69) is 29.2 Å². The van der Waals surface area contributed by atoms with Gasteiger partial charge in [0.25, 0.3) is 0 Å². The molecule has 0 spiro atoms. The number of hydrazine groups is 1. The van der Waals surface area contributed by atoms with E-state index in [1.54, 1.807) is 11.8 Å². The normalized spacial score (nSPS) is 14.8. The van der Waals surface area contributed by atoms with E-state index >= 15 is 0 Å². The molecule has 1 atom stereocenters. The molecule has 38 heavy (non-hydrogen) atoms. The number of carboxylic acids is 1. The zero-order valence-electron chi connectivity index (χ0n) is 21.2. The summed E-state index contributed by atoms with van der Waals surface area (Å²) >= 11 is 5.90. The maximum atomic E-state index is 13.1. The number of aromatic carboxylic acids is 1. The average molecular weight is 535 g/mol. The lowest BCUT2D eigenvalue weighted by Crippen LogP contribution is -2.50. The van der Waals surface area contributed by atoms with Crippen molar-refractivity contribution in [2.75, 3.05) is 31.2 Å². The molecule has 1 heterocycles. The second-order valence-electron chi connectivity index (χ2n) is 9.42. The number of hydrogen-bond donors (Lipinski definition) is 2. The van der Waals surface area contributed by atoms with Crippen molar-refractivity contribution in [1.29, 1.82) is 0 Å². The van der Waals surface area contributed by atoms with E-state index in [9.17, 15) is 19.5 Å². The van der Waals surface area contributed by atoms with Crippen molar-refractivity contribution in [3.63, 3.8) is 0 Å². The van der Waals surface area contributed by atoms with Gasteiger partial charge in [0.1, 0.15) is 0 Å². The van der Waals surface area contributed by atoms with Gasteiger partial charge in [0.15, 0.2) is 0 Å². The standard InChI is InChI=1S/C29H31ClN4O4/c1-20(28(36)34(31)25-13-12-23(30)19-24(25)29(37)38)18-26(35)32-14-16-33(17-15-32)27(21-8-4-2-5-9-21)22-10-6-3-7-11-22/h2-13,19-20,27H,14-18,31H2,1H3,(H,37,38). The SMILES string of the molecule is CC(CC(=O)N1CCN(C(c2ccccc2)c2ccccc2)CC1)C(=O)N(N)c1ccc(Cl)cc1C(=O)O. The molecular formula is C29H31ClN4O4. The van der Waals surface area contributed by atoms with Gasteiger partial charge in [-0.3, -0.25) is 14.5 Å². The van der Waals surface area contributed by atoms with E-state index in [0.717, 1.165) is 5.01 Å². The highest BCUT2D eigenvalue weighted by Crippen LogP contribution is 2.30. The van der Waals surface area contributed by atoms with Crippen molar-refractivity contribution >= 4 is 35.1 Å². The van der Waals surface area contributed by atoms with E-state index in [0.29, 0.717) is 26.2 Å². The highest BCUT2D eigenvalue weighted by Gasteiger charge is 2.31. The molecule has 0 saturated carbocycles. The number of carbonyl (C=O) groups excluding carboxylic acids is 2. The fraction of sp³-hybridized carbons (Fsp3) is 0.276. The Morgan fingerprint density at radius 1 is 0.921 bits per heavy atom. The molecular weight excluding hydrogens is 504 g/mol. The van der Waals surface area contributed by atoms with Crippen molar-refractivity contribution < 1.29 is 19.5 Å². The largest absolute Gasteiger partial charge is 0.478 e. The van der Waals surface area contributed by atoms with Gasteiger partial charge in [0.05, 0.1) is 17.3 Å². The van der Waals surface area contributed by atoms with E-state index in [1.807, 2.05) is 36.4 Å². The summed E-state index contributed by atoms with van der Waals surface area (Å²) < 4.78 is 0. The molecule has 1 saturated heterocycles. The number of rotatable bonds is 8. The highest BCUT2D eigenvalue weighted by molar-refractivity contribution is 6.31. The van der Waals surface area contributed by atoms with Crippen LogP contribution in [-0.4, -0.2) is 58.9 Å². The lowest BCUT2D eigenvalue weighted by molar-refractivity contribution is -0.136. The molecule has 3 aromatic carbocycles. The van der Waals surface area contributed by atoms with Gasteiger partial charge < -0.3 is 10.0 Å². The second-order valence-corrected chi connectivity index (χ2v) is 9.86. The minimum absolute atomic E-state index is 0.0210. The number of nitrogens with two attached hydrogens (primary N) is 1. The van der Waals surface area contributed by atoms with Crippen LogP contribution in [0.5, 0.6) is 0 Å². The van der Waals surface area contributed by atoms with Crippen LogP contribution < -0.4 is 10.9 Å². The van der Waals surface area contributed by atoms with Crippen LogP contribution in [0.3, 0.4) is 0 Å². The monoisotopic (exact) mass is 534 g/mol. The van der Waals surface area contributed by atoms with Gasteiger partial charge in [-0.05, 0) is 29.3 Å². The van der Waals surface area contributed by atoms with Crippen LogP contribution in [-0.2, 0) is 9.59 Å². The Labute approximate surface area is 227 Å². The fourth-order valence-corrected chi connectivity index (χ4v) is 5.01. The molecule has 1 aliphatic rings. The quantitative estimate of drug-likeness (QED) is 0.255. The topological polar surface area (TPSA) is 107 Å². The predicted octanol–water partition coefficient (Wildman–Crippen LogP) is 4.20. The lowest BCUT2D eigenvalue weighted by Gasteiger charge is -2.40. The summed E-state index contributed by atoms with van der Waals surface area (Å²) in [6, 6.07) is 24.8. The summed E-state index contributed by atoms with van der Waals surface area (Å²) in [5.41, 5.74) is 2.23. The molecule has 1 fully saturated rings. The Kier molecular flexibility index (Phi) is 8.78. The zero-order chi connectivity index (χ0) is 27.2. The van der Waals surface area contributed by atoms with Gasteiger partial charge in [0, 0.05) is 43.5 Å². The number of nitrogens with zero attached hydrogens (tertiary/aromatic N) is 3. The molecule has 3 N–H and O–H groups in total. The van der Waals surface area contributed by atoms with Crippen molar-refractivity contribution in [2.24, 2.45) is 11.8 Å². The number of anilines is 1. The number of hydrogen-bond acceptors (Lipinski definition) is 5. The fourth-order valence-electron chi connectivity index (χ4n) is 4.84. The Bertz CT molecular complexity index is 1240. The summed E-state index contributed by atoms with van der Waals surface area (Å²) in [5.74, 6) is 3.32. The number of carbonyl (C=O) groups is 3. The van der Waals surface area contributed by atoms with Crippen molar-refractivity contribution in [3.8, 4) is 0 Å². The Morgan fingerprint density at radius 2 is 1.47 bits per heavy atom. The average Bonchev–Trinajstić information content (AvgIpc) is 2.94. The predicted molar refractivity (Wildman–Crippen MR) is 147 cm³/mol. The van der Waals surface area contributed by atoms with Crippen LogP contribution in [0.2, 0.25) is 5.02 Å². The summed E-state index contributed by atoms with van der Waals surface area (Å²) in [6.45, 7) is 4.09. The van der Waals surface area contributed by atoms with Gasteiger partial charge in [-0.25, -0.2) is 15.6 Å². The third-order valence-electron chi connectivity index (χ3n) is 6.85. The molecule has 0 radical (unpaired) electrons. The number of halogens is 1. The summed E-state index contributed by atoms with van der Waals surface area (Å²) in [4.78, 5) is 41.8. The van der Waals surface area contributed by atoms with Crippen LogP contribution in [0.1, 0.15) is 40.9 Å². The molecule has 0 bridgehead atoms. The molecule has 9 heteroatoms. The summed E-state index contributed by atoms with van der Waals surface area (Å²) in [5, 5.41) is 10.5. The number of benzene rings is 3. The van der Waals surface area contributed by atoms with E-state index in [1.165, 1.54) is 29.3 Å². The lowest BCUT2D eigenvalue weighted by atomic mass is 9.96. The summed E-state index contributed by atoms with van der Waals surface area (Å²) in [7, 11) is 0. The number of amides is 2. The van der Waals surface area contributed by atoms with Crippen LogP contribution in [0.4, 0.5) is 5.69 Å². The molecule has 1 aliphatic heterocycles. The van der Waals surface area contributed by atoms with Gasteiger partial charge in [0.2, 0.25) is 11.8 Å². The Hall–Kier alpha value is -3.72. The van der Waals surface area contributed by atoms with Crippen molar-refractivity contribution in [1.82, 2.24) is 9.80 Å². The van der Waals surface area contributed by atoms with Crippen LogP contribution in [0.15, 0.2) is 78.9 Å². The maximum absolute atomic E-state index is 13.1. The van der Waals surface area contributed by atoms with Gasteiger partial charge in [-0.2, -0.15) is 0 Å². The van der Waals surface area contributed by atoms with E-state index < -0.39 is 17.8 Å². The second kappa shape index (κ2) is 12.2. The molecule has 198 valence electrons. The molecule has 1 unspecified atom stereocenters. The van der Waals surface area contributed by atoms with Gasteiger partial charge >= 0.3 is 5.97 Å². The third-order valence-corrected chi connectivity index (χ3v) is 7.09. The van der Waals surface area contributed by atoms with E-state index in [4.69, 9.17) is 17.4 Å². The minimum atomic E-state index is -1.25. The Balaban J connectivity index is 1.39. The third kappa shape index (κ3) is 6.22. The first-order valence-electron chi connectivity index (χ1n) is 12.5. The Morgan fingerprint density at radius 3 is 2.00 bits per heavy atom.